The second-order valence-corrected chi connectivity index (χ2v) is 5.30. The molecule has 0 saturated carbocycles. The highest BCUT2D eigenvalue weighted by molar-refractivity contribution is 9.10. The summed E-state index contributed by atoms with van der Waals surface area (Å²) in [4.78, 5) is 11.4. The summed E-state index contributed by atoms with van der Waals surface area (Å²) in [5.74, 6) is 0.0921. The lowest BCUT2D eigenvalue weighted by Gasteiger charge is -2.07. The van der Waals surface area contributed by atoms with Gasteiger partial charge in [-0.15, -0.1) is 0 Å². The first-order valence-corrected chi connectivity index (χ1v) is 7.22. The van der Waals surface area contributed by atoms with Gasteiger partial charge in [0.1, 0.15) is 0 Å². The van der Waals surface area contributed by atoms with Crippen LogP contribution in [0.4, 0.5) is 0 Å². The molecule has 0 saturated heterocycles. The van der Waals surface area contributed by atoms with Crippen LogP contribution in [-0.4, -0.2) is 19.0 Å². The Labute approximate surface area is 121 Å². The van der Waals surface area contributed by atoms with Crippen molar-refractivity contribution < 1.29 is 4.79 Å². The molecule has 0 atom stereocenters. The van der Waals surface area contributed by atoms with Crippen LogP contribution in [0.3, 0.4) is 0 Å². The Morgan fingerprint density at radius 1 is 1.39 bits per heavy atom. The molecule has 0 heterocycles. The van der Waals surface area contributed by atoms with Crippen LogP contribution in [0, 0.1) is 0 Å². The molecule has 1 aromatic carbocycles. The van der Waals surface area contributed by atoms with Crippen LogP contribution in [0.15, 0.2) is 22.7 Å². The fraction of sp³-hybridized carbons (Fsp3) is 0.462. The van der Waals surface area contributed by atoms with Crippen molar-refractivity contribution in [3.8, 4) is 0 Å². The highest BCUT2D eigenvalue weighted by Gasteiger charge is 2.02. The van der Waals surface area contributed by atoms with E-state index in [4.69, 9.17) is 11.6 Å². The summed E-state index contributed by atoms with van der Waals surface area (Å²) in [7, 11) is 0. The van der Waals surface area contributed by atoms with Crippen LogP contribution in [0.25, 0.3) is 0 Å². The topological polar surface area (TPSA) is 41.1 Å². The molecule has 0 aliphatic rings. The minimum absolute atomic E-state index is 0.0921. The molecule has 0 unspecified atom stereocenters. The van der Waals surface area contributed by atoms with E-state index in [1.54, 1.807) is 0 Å². The summed E-state index contributed by atoms with van der Waals surface area (Å²) in [6.07, 6.45) is 1.47. The van der Waals surface area contributed by atoms with Gasteiger partial charge in [-0.3, -0.25) is 4.79 Å². The van der Waals surface area contributed by atoms with E-state index in [0.717, 1.165) is 28.0 Å². The van der Waals surface area contributed by atoms with Crippen molar-refractivity contribution in [2.24, 2.45) is 0 Å². The van der Waals surface area contributed by atoms with Gasteiger partial charge in [0.05, 0.1) is 0 Å². The summed E-state index contributed by atoms with van der Waals surface area (Å²) in [5, 5.41) is 6.79. The molecule has 1 rings (SSSR count). The minimum atomic E-state index is 0.0921. The van der Waals surface area contributed by atoms with Crippen molar-refractivity contribution >= 4 is 33.4 Å². The summed E-state index contributed by atoms with van der Waals surface area (Å²) < 4.78 is 1.02. The van der Waals surface area contributed by atoms with Crippen LogP contribution >= 0.6 is 27.5 Å². The lowest BCUT2D eigenvalue weighted by atomic mass is 10.2. The number of benzene rings is 1. The van der Waals surface area contributed by atoms with Crippen molar-refractivity contribution in [1.82, 2.24) is 10.6 Å². The normalized spacial score (nSPS) is 10.4. The lowest BCUT2D eigenvalue weighted by Crippen LogP contribution is -2.28. The smallest absolute Gasteiger partial charge is 0.221 e. The first kappa shape index (κ1) is 15.5. The highest BCUT2D eigenvalue weighted by Crippen LogP contribution is 2.20. The van der Waals surface area contributed by atoms with Crippen LogP contribution in [-0.2, 0) is 11.3 Å². The molecular formula is C13H18BrClN2O. The van der Waals surface area contributed by atoms with E-state index in [1.165, 1.54) is 0 Å². The lowest BCUT2D eigenvalue weighted by molar-refractivity contribution is -0.120. The Morgan fingerprint density at radius 3 is 2.89 bits per heavy atom. The fourth-order valence-electron chi connectivity index (χ4n) is 1.46. The zero-order valence-electron chi connectivity index (χ0n) is 10.4. The van der Waals surface area contributed by atoms with Crippen molar-refractivity contribution in [3.63, 3.8) is 0 Å². The number of carbonyl (C=O) groups excluding carboxylic acids is 1. The molecule has 0 aliphatic carbocycles. The number of nitrogens with one attached hydrogen (secondary N) is 2. The Kier molecular flexibility index (Phi) is 7.32. The SMILES string of the molecule is CCCNC(=O)CCNCc1cc(Cl)ccc1Br. The maximum atomic E-state index is 11.4. The molecule has 18 heavy (non-hydrogen) atoms. The standard InChI is InChI=1S/C13H18BrClN2O/c1-2-6-17-13(18)5-7-16-9-10-8-11(15)3-4-12(10)14/h3-4,8,16H,2,5-7,9H2,1H3,(H,17,18). The van der Waals surface area contributed by atoms with Gasteiger partial charge >= 0.3 is 0 Å². The van der Waals surface area contributed by atoms with Crippen LogP contribution < -0.4 is 10.6 Å². The van der Waals surface area contributed by atoms with E-state index in [-0.39, 0.29) is 5.91 Å². The third-order valence-corrected chi connectivity index (χ3v) is 3.43. The van der Waals surface area contributed by atoms with Crippen molar-refractivity contribution in [1.29, 1.82) is 0 Å². The molecule has 1 aromatic rings. The van der Waals surface area contributed by atoms with Crippen LogP contribution in [0.2, 0.25) is 5.02 Å². The molecule has 0 bridgehead atoms. The molecule has 0 aliphatic heterocycles. The second kappa shape index (κ2) is 8.51. The van der Waals surface area contributed by atoms with Gasteiger partial charge in [-0.2, -0.15) is 0 Å². The Bertz CT molecular complexity index is 399. The molecule has 5 heteroatoms. The van der Waals surface area contributed by atoms with Crippen LogP contribution in [0.1, 0.15) is 25.3 Å². The summed E-state index contributed by atoms with van der Waals surface area (Å²) >= 11 is 9.39. The molecular weight excluding hydrogens is 316 g/mol. The summed E-state index contributed by atoms with van der Waals surface area (Å²) in [6, 6.07) is 5.68. The first-order chi connectivity index (χ1) is 8.63. The average molecular weight is 334 g/mol. The van der Waals surface area contributed by atoms with Gasteiger partial charge in [0.15, 0.2) is 0 Å². The molecule has 0 fully saturated rings. The molecule has 3 nitrogen and oxygen atoms in total. The summed E-state index contributed by atoms with van der Waals surface area (Å²) in [5.41, 5.74) is 1.09. The maximum absolute atomic E-state index is 11.4. The monoisotopic (exact) mass is 332 g/mol. The van der Waals surface area contributed by atoms with Gasteiger partial charge < -0.3 is 10.6 Å². The van der Waals surface area contributed by atoms with E-state index in [9.17, 15) is 4.79 Å². The van der Waals surface area contributed by atoms with Gasteiger partial charge in [0.2, 0.25) is 5.91 Å². The third kappa shape index (κ3) is 5.85. The number of carbonyl (C=O) groups is 1. The molecule has 0 radical (unpaired) electrons. The second-order valence-electron chi connectivity index (χ2n) is 4.01. The number of amides is 1. The predicted molar refractivity (Wildman–Crippen MR) is 78.8 cm³/mol. The molecule has 1 amide bonds. The van der Waals surface area contributed by atoms with Gasteiger partial charge in [-0.25, -0.2) is 0 Å². The number of hydrogen-bond acceptors (Lipinski definition) is 2. The Hall–Kier alpha value is -0.580. The fourth-order valence-corrected chi connectivity index (χ4v) is 2.04. The Balaban J connectivity index is 2.25. The molecule has 100 valence electrons. The Morgan fingerprint density at radius 2 is 2.17 bits per heavy atom. The van der Waals surface area contributed by atoms with E-state index < -0.39 is 0 Å². The van der Waals surface area contributed by atoms with E-state index in [0.29, 0.717) is 19.5 Å². The zero-order chi connectivity index (χ0) is 13.4. The average Bonchev–Trinajstić information content (AvgIpc) is 2.36. The molecule has 0 spiro atoms. The number of rotatable bonds is 7. The van der Waals surface area contributed by atoms with Crippen molar-refractivity contribution in [3.05, 3.63) is 33.3 Å². The van der Waals surface area contributed by atoms with Crippen molar-refractivity contribution in [2.45, 2.75) is 26.3 Å². The first-order valence-electron chi connectivity index (χ1n) is 6.04. The third-order valence-electron chi connectivity index (χ3n) is 2.42. The van der Waals surface area contributed by atoms with Gasteiger partial charge in [0.25, 0.3) is 0 Å². The van der Waals surface area contributed by atoms with E-state index in [1.807, 2.05) is 25.1 Å². The predicted octanol–water partition coefficient (Wildman–Crippen LogP) is 3.11. The number of hydrogen-bond donors (Lipinski definition) is 2. The quantitative estimate of drug-likeness (QED) is 0.753. The summed E-state index contributed by atoms with van der Waals surface area (Å²) in [6.45, 7) is 4.14. The van der Waals surface area contributed by atoms with Crippen LogP contribution in [0.5, 0.6) is 0 Å². The maximum Gasteiger partial charge on any atom is 0.221 e. The van der Waals surface area contributed by atoms with E-state index in [2.05, 4.69) is 26.6 Å². The molecule has 0 aromatic heterocycles. The van der Waals surface area contributed by atoms with E-state index >= 15 is 0 Å². The van der Waals surface area contributed by atoms with Gasteiger partial charge in [-0.05, 0) is 30.2 Å². The molecule has 2 N–H and O–H groups in total. The zero-order valence-corrected chi connectivity index (χ0v) is 12.8. The minimum Gasteiger partial charge on any atom is -0.356 e. The van der Waals surface area contributed by atoms with Gasteiger partial charge in [-0.1, -0.05) is 34.5 Å². The van der Waals surface area contributed by atoms with Gasteiger partial charge in [0, 0.05) is 35.6 Å². The highest BCUT2D eigenvalue weighted by atomic mass is 79.9. The van der Waals surface area contributed by atoms with Crippen molar-refractivity contribution in [2.75, 3.05) is 13.1 Å². The largest absolute Gasteiger partial charge is 0.356 e. The number of halogens is 2.